The highest BCUT2D eigenvalue weighted by Crippen LogP contribution is 2.53. The Kier molecular flexibility index (Phi) is 3.71. The Hall–Kier alpha value is -1.85. The van der Waals surface area contributed by atoms with Crippen LogP contribution in [0.2, 0.25) is 0 Å². The van der Waals surface area contributed by atoms with Gasteiger partial charge in [-0.25, -0.2) is 0 Å². The molecule has 2 saturated heterocycles. The van der Waals surface area contributed by atoms with E-state index in [-0.39, 0.29) is 17.4 Å². The molecule has 0 aromatic carbocycles. The number of likely N-dealkylation sites (tertiary alicyclic amines) is 2. The fraction of sp³-hybridized carbons (Fsp3) is 0.737. The summed E-state index contributed by atoms with van der Waals surface area (Å²) in [5.74, 6) is 1.45. The number of aromatic nitrogens is 2. The fourth-order valence-corrected chi connectivity index (χ4v) is 4.66. The number of fused-ring (bicyclic) bond motifs is 1. The molecular formula is C19H28N4O2. The van der Waals surface area contributed by atoms with E-state index in [1.165, 1.54) is 0 Å². The van der Waals surface area contributed by atoms with Crippen LogP contribution in [0.4, 0.5) is 0 Å². The first-order valence-electron chi connectivity index (χ1n) is 9.45. The molecule has 6 nitrogen and oxygen atoms in total. The van der Waals surface area contributed by atoms with Gasteiger partial charge < -0.3 is 9.80 Å². The van der Waals surface area contributed by atoms with Gasteiger partial charge in [0.15, 0.2) is 0 Å². The average Bonchev–Trinajstić information content (AvgIpc) is 3.01. The number of nitrogens with zero attached hydrogens (tertiary/aromatic N) is 3. The number of nitrogens with one attached hydrogen (secondary N) is 1. The Bertz CT molecular complexity index is 696. The summed E-state index contributed by atoms with van der Waals surface area (Å²) in [6.07, 6.45) is 2.19. The Morgan fingerprint density at radius 1 is 1.28 bits per heavy atom. The highest BCUT2D eigenvalue weighted by molar-refractivity contribution is 5.93. The number of hydrogen-bond donors (Lipinski definition) is 1. The van der Waals surface area contributed by atoms with E-state index >= 15 is 0 Å². The number of piperidine rings is 1. The Balaban J connectivity index is 1.37. The molecular weight excluding hydrogens is 316 g/mol. The molecule has 2 amide bonds. The highest BCUT2D eigenvalue weighted by atomic mass is 16.2. The number of rotatable bonds is 3. The van der Waals surface area contributed by atoms with Gasteiger partial charge in [-0.05, 0) is 50.5 Å². The zero-order valence-corrected chi connectivity index (χ0v) is 15.6. The zero-order chi connectivity index (χ0) is 17.9. The molecule has 1 aromatic heterocycles. The van der Waals surface area contributed by atoms with E-state index in [1.807, 2.05) is 11.0 Å². The molecule has 1 unspecified atom stereocenters. The van der Waals surface area contributed by atoms with Gasteiger partial charge >= 0.3 is 0 Å². The molecule has 0 radical (unpaired) electrons. The van der Waals surface area contributed by atoms with Crippen molar-refractivity contribution in [1.82, 2.24) is 20.0 Å². The summed E-state index contributed by atoms with van der Waals surface area (Å²) in [4.78, 5) is 29.4. The highest BCUT2D eigenvalue weighted by Gasteiger charge is 2.62. The number of aromatic amines is 1. The van der Waals surface area contributed by atoms with Crippen LogP contribution in [0, 0.1) is 17.8 Å². The Labute approximate surface area is 148 Å². The van der Waals surface area contributed by atoms with Crippen LogP contribution < -0.4 is 0 Å². The lowest BCUT2D eigenvalue weighted by Gasteiger charge is -2.32. The molecule has 1 N–H and O–H groups in total. The van der Waals surface area contributed by atoms with E-state index < -0.39 is 0 Å². The normalized spacial score (nSPS) is 30.0. The van der Waals surface area contributed by atoms with Crippen LogP contribution in [-0.4, -0.2) is 57.0 Å². The summed E-state index contributed by atoms with van der Waals surface area (Å²) < 4.78 is 0. The maximum Gasteiger partial charge on any atom is 0.274 e. The molecule has 1 aliphatic carbocycles. The van der Waals surface area contributed by atoms with Gasteiger partial charge in [0.25, 0.3) is 5.91 Å². The van der Waals surface area contributed by atoms with Gasteiger partial charge in [-0.15, -0.1) is 0 Å². The summed E-state index contributed by atoms with van der Waals surface area (Å²) >= 11 is 0. The standard InChI is InChI=1S/C19H28N4O2/c1-11(2)14-8-15(21-20-14)17(24)22-9-12-13(10-22)16(12)18(25)23-7-5-6-19(23,3)4/h8,11-13,16H,5-7,9-10H2,1-4H3,(H,20,21)/t12-,13+,16?. The minimum Gasteiger partial charge on any atom is -0.337 e. The van der Waals surface area contributed by atoms with Crippen molar-refractivity contribution >= 4 is 11.8 Å². The van der Waals surface area contributed by atoms with Crippen molar-refractivity contribution in [3.63, 3.8) is 0 Å². The smallest absolute Gasteiger partial charge is 0.274 e. The third-order valence-corrected chi connectivity index (χ3v) is 6.37. The molecule has 3 heterocycles. The van der Waals surface area contributed by atoms with E-state index in [1.54, 1.807) is 0 Å². The number of carbonyl (C=O) groups is 2. The van der Waals surface area contributed by atoms with Crippen molar-refractivity contribution in [3.8, 4) is 0 Å². The molecule has 1 aromatic rings. The van der Waals surface area contributed by atoms with Gasteiger partial charge in [0.2, 0.25) is 5.91 Å². The predicted molar refractivity (Wildman–Crippen MR) is 94.1 cm³/mol. The molecule has 0 bridgehead atoms. The zero-order valence-electron chi connectivity index (χ0n) is 15.6. The van der Waals surface area contributed by atoms with Crippen molar-refractivity contribution in [1.29, 1.82) is 0 Å². The maximum atomic E-state index is 12.9. The molecule has 4 rings (SSSR count). The van der Waals surface area contributed by atoms with Crippen LogP contribution >= 0.6 is 0 Å². The summed E-state index contributed by atoms with van der Waals surface area (Å²) in [7, 11) is 0. The number of carbonyl (C=O) groups excluding carboxylic acids is 2. The quantitative estimate of drug-likeness (QED) is 0.914. The molecule has 25 heavy (non-hydrogen) atoms. The SMILES string of the molecule is CC(C)c1cc(C(=O)N2C[C@@H]3C(C(=O)N4CCCC4(C)C)[C@@H]3C2)n[nH]1. The van der Waals surface area contributed by atoms with E-state index in [0.29, 0.717) is 42.4 Å². The van der Waals surface area contributed by atoms with E-state index in [9.17, 15) is 9.59 Å². The Morgan fingerprint density at radius 2 is 1.96 bits per heavy atom. The lowest BCUT2D eigenvalue weighted by Crippen LogP contribution is -2.45. The van der Waals surface area contributed by atoms with Crippen molar-refractivity contribution in [2.45, 2.75) is 52.0 Å². The summed E-state index contributed by atoms with van der Waals surface area (Å²) in [5.41, 5.74) is 1.47. The third-order valence-electron chi connectivity index (χ3n) is 6.37. The molecule has 6 heteroatoms. The van der Waals surface area contributed by atoms with Gasteiger partial charge in [-0.1, -0.05) is 13.8 Å². The number of amides is 2. The largest absolute Gasteiger partial charge is 0.337 e. The van der Waals surface area contributed by atoms with Crippen molar-refractivity contribution in [3.05, 3.63) is 17.5 Å². The van der Waals surface area contributed by atoms with Crippen molar-refractivity contribution in [2.24, 2.45) is 17.8 Å². The second-order valence-electron chi connectivity index (χ2n) is 8.83. The van der Waals surface area contributed by atoms with Crippen molar-refractivity contribution in [2.75, 3.05) is 19.6 Å². The lowest BCUT2D eigenvalue weighted by atomic mass is 10.0. The van der Waals surface area contributed by atoms with Crippen molar-refractivity contribution < 1.29 is 9.59 Å². The van der Waals surface area contributed by atoms with Crippen LogP contribution in [0.25, 0.3) is 0 Å². The number of H-pyrrole nitrogens is 1. The van der Waals surface area contributed by atoms with Gasteiger partial charge in [0.05, 0.1) is 0 Å². The average molecular weight is 344 g/mol. The first-order valence-corrected chi connectivity index (χ1v) is 9.45. The van der Waals surface area contributed by atoms with E-state index in [2.05, 4.69) is 42.8 Å². The molecule has 1 saturated carbocycles. The molecule has 0 spiro atoms. The minimum absolute atomic E-state index is 0.00817. The molecule has 3 aliphatic rings. The second kappa shape index (κ2) is 5.58. The first kappa shape index (κ1) is 16.6. The van der Waals surface area contributed by atoms with Crippen LogP contribution in [0.3, 0.4) is 0 Å². The summed E-state index contributed by atoms with van der Waals surface area (Å²) in [6, 6.07) is 1.85. The maximum absolute atomic E-state index is 12.9. The molecule has 136 valence electrons. The summed E-state index contributed by atoms with van der Waals surface area (Å²) in [6.45, 7) is 10.7. The van der Waals surface area contributed by atoms with Gasteiger partial charge in [0, 0.05) is 36.8 Å². The molecule has 2 aliphatic heterocycles. The van der Waals surface area contributed by atoms with Crippen LogP contribution in [0.1, 0.15) is 62.6 Å². The fourth-order valence-electron chi connectivity index (χ4n) is 4.66. The monoisotopic (exact) mass is 344 g/mol. The van der Waals surface area contributed by atoms with Gasteiger partial charge in [-0.2, -0.15) is 5.10 Å². The Morgan fingerprint density at radius 3 is 2.48 bits per heavy atom. The van der Waals surface area contributed by atoms with E-state index in [4.69, 9.17) is 0 Å². The van der Waals surface area contributed by atoms with Gasteiger partial charge in [0.1, 0.15) is 5.69 Å². The third kappa shape index (κ3) is 2.66. The summed E-state index contributed by atoms with van der Waals surface area (Å²) in [5, 5.41) is 7.11. The lowest BCUT2D eigenvalue weighted by molar-refractivity contribution is -0.136. The molecule has 3 fully saturated rings. The van der Waals surface area contributed by atoms with Crippen LogP contribution in [-0.2, 0) is 4.79 Å². The predicted octanol–water partition coefficient (Wildman–Crippen LogP) is 2.25. The topological polar surface area (TPSA) is 69.3 Å². The number of hydrogen-bond acceptors (Lipinski definition) is 3. The molecule has 3 atom stereocenters. The van der Waals surface area contributed by atoms with Crippen LogP contribution in [0.5, 0.6) is 0 Å². The van der Waals surface area contributed by atoms with Gasteiger partial charge in [-0.3, -0.25) is 14.7 Å². The van der Waals surface area contributed by atoms with E-state index in [0.717, 1.165) is 25.1 Å². The minimum atomic E-state index is -0.0111. The second-order valence-corrected chi connectivity index (χ2v) is 8.83. The van der Waals surface area contributed by atoms with Crippen LogP contribution in [0.15, 0.2) is 6.07 Å². The first-order chi connectivity index (χ1) is 11.8.